The Bertz CT molecular complexity index is 227. The Morgan fingerprint density at radius 1 is 1.60 bits per heavy atom. The minimum Gasteiger partial charge on any atom is -0.365 e. The molecule has 1 aromatic heterocycles. The van der Waals surface area contributed by atoms with Crippen LogP contribution >= 0.6 is 0 Å². The SMILES string of the molecule is NC1CCCc2[nH]ccc21. The third kappa shape index (κ3) is 0.762. The van der Waals surface area contributed by atoms with Crippen LogP contribution in [0.2, 0.25) is 0 Å². The van der Waals surface area contributed by atoms with Crippen LogP contribution in [0, 0.1) is 0 Å². The molecule has 10 heavy (non-hydrogen) atoms. The summed E-state index contributed by atoms with van der Waals surface area (Å²) in [5.41, 5.74) is 8.54. The van der Waals surface area contributed by atoms with E-state index in [1.165, 1.54) is 24.1 Å². The minimum absolute atomic E-state index is 0.287. The highest BCUT2D eigenvalue weighted by Crippen LogP contribution is 2.26. The molecule has 2 heteroatoms. The van der Waals surface area contributed by atoms with Crippen molar-refractivity contribution in [2.24, 2.45) is 5.73 Å². The molecule has 0 saturated carbocycles. The summed E-state index contributed by atoms with van der Waals surface area (Å²) in [5.74, 6) is 0. The van der Waals surface area contributed by atoms with Crippen LogP contribution in [0.15, 0.2) is 12.3 Å². The standard InChI is InChI=1S/C8H12N2/c9-7-2-1-3-8-6(7)4-5-10-8/h4-5,7,10H,1-3,9H2. The van der Waals surface area contributed by atoms with Gasteiger partial charge in [-0.3, -0.25) is 0 Å². The van der Waals surface area contributed by atoms with Crippen molar-refractivity contribution >= 4 is 0 Å². The lowest BCUT2D eigenvalue weighted by molar-refractivity contribution is 0.567. The Hall–Kier alpha value is -0.760. The molecule has 0 radical (unpaired) electrons. The molecule has 0 aliphatic heterocycles. The lowest BCUT2D eigenvalue weighted by atomic mass is 9.94. The summed E-state index contributed by atoms with van der Waals surface area (Å²) < 4.78 is 0. The summed E-state index contributed by atoms with van der Waals surface area (Å²) in [5, 5.41) is 0. The van der Waals surface area contributed by atoms with Crippen molar-refractivity contribution in [2.75, 3.05) is 0 Å². The van der Waals surface area contributed by atoms with Crippen LogP contribution in [-0.4, -0.2) is 4.98 Å². The number of nitrogens with one attached hydrogen (secondary N) is 1. The Morgan fingerprint density at radius 2 is 2.50 bits per heavy atom. The van der Waals surface area contributed by atoms with Gasteiger partial charge in [-0.25, -0.2) is 0 Å². The van der Waals surface area contributed by atoms with Crippen LogP contribution in [0.25, 0.3) is 0 Å². The van der Waals surface area contributed by atoms with E-state index in [0.29, 0.717) is 0 Å². The van der Waals surface area contributed by atoms with Crippen molar-refractivity contribution in [2.45, 2.75) is 25.3 Å². The predicted molar refractivity (Wildman–Crippen MR) is 40.7 cm³/mol. The van der Waals surface area contributed by atoms with E-state index in [1.54, 1.807) is 0 Å². The summed E-state index contributed by atoms with van der Waals surface area (Å²) in [4.78, 5) is 3.21. The lowest BCUT2D eigenvalue weighted by Gasteiger charge is -2.17. The molecule has 1 aliphatic carbocycles. The molecule has 0 aromatic carbocycles. The monoisotopic (exact) mass is 136 g/mol. The fourth-order valence-electron chi connectivity index (χ4n) is 1.63. The fourth-order valence-corrected chi connectivity index (χ4v) is 1.63. The number of rotatable bonds is 0. The molecule has 1 heterocycles. The van der Waals surface area contributed by atoms with Crippen molar-refractivity contribution in [1.82, 2.24) is 4.98 Å². The second-order valence-corrected chi connectivity index (χ2v) is 2.91. The predicted octanol–water partition coefficient (Wildman–Crippen LogP) is 1.35. The number of H-pyrrole nitrogens is 1. The van der Waals surface area contributed by atoms with E-state index in [4.69, 9.17) is 5.73 Å². The van der Waals surface area contributed by atoms with Crippen LogP contribution in [0.3, 0.4) is 0 Å². The molecule has 1 atom stereocenters. The van der Waals surface area contributed by atoms with Gasteiger partial charge < -0.3 is 10.7 Å². The molecule has 0 saturated heterocycles. The molecular weight excluding hydrogens is 124 g/mol. The van der Waals surface area contributed by atoms with Crippen molar-refractivity contribution in [3.05, 3.63) is 23.5 Å². The Kier molecular flexibility index (Phi) is 1.27. The van der Waals surface area contributed by atoms with Crippen LogP contribution in [0.4, 0.5) is 0 Å². The van der Waals surface area contributed by atoms with Gasteiger partial charge in [-0.05, 0) is 30.9 Å². The molecule has 0 fully saturated rings. The van der Waals surface area contributed by atoms with Crippen LogP contribution < -0.4 is 5.73 Å². The molecule has 1 aliphatic rings. The van der Waals surface area contributed by atoms with Gasteiger partial charge in [0.1, 0.15) is 0 Å². The molecule has 2 nitrogen and oxygen atoms in total. The van der Waals surface area contributed by atoms with Gasteiger partial charge in [-0.15, -0.1) is 0 Å². The van der Waals surface area contributed by atoms with E-state index in [0.717, 1.165) is 6.42 Å². The molecule has 1 unspecified atom stereocenters. The summed E-state index contributed by atoms with van der Waals surface area (Å²) >= 11 is 0. The molecule has 3 N–H and O–H groups in total. The minimum atomic E-state index is 0.287. The van der Waals surface area contributed by atoms with E-state index in [-0.39, 0.29) is 6.04 Å². The third-order valence-electron chi connectivity index (χ3n) is 2.21. The number of hydrogen-bond donors (Lipinski definition) is 2. The van der Waals surface area contributed by atoms with Gasteiger partial charge in [0.15, 0.2) is 0 Å². The zero-order valence-electron chi connectivity index (χ0n) is 5.93. The maximum atomic E-state index is 5.87. The number of nitrogens with two attached hydrogens (primary N) is 1. The van der Waals surface area contributed by atoms with Gasteiger partial charge >= 0.3 is 0 Å². The first-order valence-corrected chi connectivity index (χ1v) is 3.79. The van der Waals surface area contributed by atoms with Crippen LogP contribution in [0.5, 0.6) is 0 Å². The number of hydrogen-bond acceptors (Lipinski definition) is 1. The first kappa shape index (κ1) is 5.98. The van der Waals surface area contributed by atoms with Gasteiger partial charge in [0.2, 0.25) is 0 Å². The molecule has 2 rings (SSSR count). The first-order chi connectivity index (χ1) is 4.88. The molecule has 1 aromatic rings. The quantitative estimate of drug-likeness (QED) is 0.555. The molecule has 0 amide bonds. The topological polar surface area (TPSA) is 41.8 Å². The summed E-state index contributed by atoms with van der Waals surface area (Å²) in [6.07, 6.45) is 5.53. The van der Waals surface area contributed by atoms with E-state index in [9.17, 15) is 0 Å². The second kappa shape index (κ2) is 2.13. The highest BCUT2D eigenvalue weighted by Gasteiger charge is 2.16. The molecular formula is C8H12N2. The smallest absolute Gasteiger partial charge is 0.0312 e. The zero-order chi connectivity index (χ0) is 6.97. The van der Waals surface area contributed by atoms with Gasteiger partial charge in [0.25, 0.3) is 0 Å². The van der Waals surface area contributed by atoms with Gasteiger partial charge in [0.05, 0.1) is 0 Å². The fraction of sp³-hybridized carbons (Fsp3) is 0.500. The zero-order valence-corrected chi connectivity index (χ0v) is 5.93. The summed E-state index contributed by atoms with van der Waals surface area (Å²) in [6, 6.07) is 2.38. The molecule has 0 spiro atoms. The molecule has 0 bridgehead atoms. The average Bonchev–Trinajstić information content (AvgIpc) is 2.36. The maximum absolute atomic E-state index is 5.87. The lowest BCUT2D eigenvalue weighted by Crippen LogP contribution is -2.15. The number of aryl methyl sites for hydroxylation is 1. The van der Waals surface area contributed by atoms with E-state index < -0.39 is 0 Å². The maximum Gasteiger partial charge on any atom is 0.0312 e. The Labute approximate surface area is 60.4 Å². The van der Waals surface area contributed by atoms with Gasteiger partial charge in [-0.1, -0.05) is 0 Å². The second-order valence-electron chi connectivity index (χ2n) is 2.91. The van der Waals surface area contributed by atoms with Crippen LogP contribution in [-0.2, 0) is 6.42 Å². The average molecular weight is 136 g/mol. The highest BCUT2D eigenvalue weighted by atomic mass is 14.7. The first-order valence-electron chi connectivity index (χ1n) is 3.79. The van der Waals surface area contributed by atoms with Crippen molar-refractivity contribution < 1.29 is 0 Å². The summed E-state index contributed by atoms with van der Waals surface area (Å²) in [6.45, 7) is 0. The van der Waals surface area contributed by atoms with E-state index >= 15 is 0 Å². The van der Waals surface area contributed by atoms with E-state index in [2.05, 4.69) is 11.1 Å². The van der Waals surface area contributed by atoms with Crippen LogP contribution in [0.1, 0.15) is 30.1 Å². The largest absolute Gasteiger partial charge is 0.365 e. The van der Waals surface area contributed by atoms with Gasteiger partial charge in [-0.2, -0.15) is 0 Å². The van der Waals surface area contributed by atoms with Crippen molar-refractivity contribution in [3.63, 3.8) is 0 Å². The van der Waals surface area contributed by atoms with E-state index in [1.807, 2.05) is 6.20 Å². The van der Waals surface area contributed by atoms with Crippen molar-refractivity contribution in [3.8, 4) is 0 Å². The number of fused-ring (bicyclic) bond motifs is 1. The normalized spacial score (nSPS) is 24.3. The van der Waals surface area contributed by atoms with Crippen molar-refractivity contribution in [1.29, 1.82) is 0 Å². The highest BCUT2D eigenvalue weighted by molar-refractivity contribution is 5.26. The number of aromatic nitrogens is 1. The number of aromatic amines is 1. The third-order valence-corrected chi connectivity index (χ3v) is 2.21. The van der Waals surface area contributed by atoms with Gasteiger partial charge in [0, 0.05) is 17.9 Å². The Balaban J connectivity index is 2.41. The molecule has 54 valence electrons. The summed E-state index contributed by atoms with van der Waals surface area (Å²) in [7, 11) is 0. The Morgan fingerprint density at radius 3 is 3.30 bits per heavy atom.